The number of hydrogen-bond donors (Lipinski definition) is 0. The molecule has 0 fully saturated rings. The SMILES string of the molecule is CCOC(=O)c1nn(CCOC)c(-c2ccc(CC(C)(C)C(F)(F)F)cc2OC(F)F)c1Cl. The molecule has 0 saturated carbocycles. The molecule has 0 aliphatic heterocycles. The van der Waals surface area contributed by atoms with Crippen LogP contribution in [0.4, 0.5) is 22.0 Å². The third kappa shape index (κ3) is 6.35. The van der Waals surface area contributed by atoms with E-state index in [4.69, 9.17) is 21.1 Å². The third-order valence-electron chi connectivity index (χ3n) is 4.80. The molecule has 0 aliphatic rings. The van der Waals surface area contributed by atoms with Crippen LogP contribution < -0.4 is 4.74 Å². The number of aromatic nitrogens is 2. The molecule has 6 nitrogen and oxygen atoms in total. The number of carbonyl (C=O) groups excluding carboxylic acids is 1. The number of halogens is 6. The van der Waals surface area contributed by atoms with E-state index in [1.54, 1.807) is 6.92 Å². The lowest BCUT2D eigenvalue weighted by Gasteiger charge is -2.28. The first kappa shape index (κ1) is 26.8. The molecule has 1 heterocycles. The van der Waals surface area contributed by atoms with E-state index >= 15 is 0 Å². The maximum absolute atomic E-state index is 13.3. The van der Waals surface area contributed by atoms with Gasteiger partial charge in [0.1, 0.15) is 10.8 Å². The van der Waals surface area contributed by atoms with Crippen molar-refractivity contribution in [3.05, 3.63) is 34.5 Å². The van der Waals surface area contributed by atoms with Crippen molar-refractivity contribution in [2.24, 2.45) is 5.41 Å². The van der Waals surface area contributed by atoms with Crippen molar-refractivity contribution in [2.45, 2.75) is 46.5 Å². The Bertz CT molecular complexity index is 976. The second-order valence-corrected chi connectivity index (χ2v) is 8.09. The van der Waals surface area contributed by atoms with E-state index in [1.807, 2.05) is 0 Å². The fourth-order valence-electron chi connectivity index (χ4n) is 3.04. The Labute approximate surface area is 192 Å². The van der Waals surface area contributed by atoms with E-state index in [-0.39, 0.29) is 47.3 Å². The van der Waals surface area contributed by atoms with Gasteiger partial charge in [-0.3, -0.25) is 4.68 Å². The van der Waals surface area contributed by atoms with Gasteiger partial charge in [-0.15, -0.1) is 0 Å². The molecule has 0 spiro atoms. The van der Waals surface area contributed by atoms with Gasteiger partial charge in [-0.25, -0.2) is 4.79 Å². The molecule has 0 aliphatic carbocycles. The van der Waals surface area contributed by atoms with Crippen LogP contribution in [0.25, 0.3) is 11.3 Å². The monoisotopic (exact) mass is 498 g/mol. The second kappa shape index (κ2) is 10.7. The summed E-state index contributed by atoms with van der Waals surface area (Å²) >= 11 is 6.37. The van der Waals surface area contributed by atoms with Crippen molar-refractivity contribution in [3.63, 3.8) is 0 Å². The van der Waals surface area contributed by atoms with Gasteiger partial charge < -0.3 is 14.2 Å². The van der Waals surface area contributed by atoms with Crippen LogP contribution in [0.3, 0.4) is 0 Å². The Morgan fingerprint density at radius 2 is 1.91 bits per heavy atom. The molecule has 12 heteroatoms. The first-order valence-electron chi connectivity index (χ1n) is 9.89. The minimum Gasteiger partial charge on any atom is -0.461 e. The van der Waals surface area contributed by atoms with Gasteiger partial charge in [0.05, 0.1) is 30.9 Å². The second-order valence-electron chi connectivity index (χ2n) is 7.72. The zero-order valence-corrected chi connectivity index (χ0v) is 19.2. The Kier molecular flexibility index (Phi) is 8.69. The van der Waals surface area contributed by atoms with E-state index in [1.165, 1.54) is 23.9 Å². The average Bonchev–Trinajstić information content (AvgIpc) is 3.01. The van der Waals surface area contributed by atoms with Crippen LogP contribution in [0.5, 0.6) is 5.75 Å². The summed E-state index contributed by atoms with van der Waals surface area (Å²) in [5, 5.41) is 3.94. The Hall–Kier alpha value is -2.40. The van der Waals surface area contributed by atoms with Gasteiger partial charge in [-0.1, -0.05) is 31.5 Å². The molecular weight excluding hydrogens is 475 g/mol. The summed E-state index contributed by atoms with van der Waals surface area (Å²) in [5.41, 5.74) is -2.13. The lowest BCUT2D eigenvalue weighted by atomic mass is 9.84. The quantitative estimate of drug-likeness (QED) is 0.308. The summed E-state index contributed by atoms with van der Waals surface area (Å²) in [6.07, 6.45) is -4.98. The molecule has 0 unspecified atom stereocenters. The molecule has 0 bridgehead atoms. The van der Waals surface area contributed by atoms with Gasteiger partial charge in [-0.2, -0.15) is 27.1 Å². The van der Waals surface area contributed by atoms with Crippen molar-refractivity contribution in [1.82, 2.24) is 9.78 Å². The molecule has 1 aromatic heterocycles. The predicted octanol–water partition coefficient (Wildman–Crippen LogP) is 5.76. The lowest BCUT2D eigenvalue weighted by Crippen LogP contribution is -2.34. The summed E-state index contributed by atoms with van der Waals surface area (Å²) in [5.74, 6) is -1.23. The number of hydrogen-bond acceptors (Lipinski definition) is 5. The van der Waals surface area contributed by atoms with Crippen molar-refractivity contribution in [3.8, 4) is 17.0 Å². The topological polar surface area (TPSA) is 62.6 Å². The Morgan fingerprint density at radius 3 is 2.45 bits per heavy atom. The number of benzene rings is 1. The van der Waals surface area contributed by atoms with Crippen molar-refractivity contribution in [2.75, 3.05) is 20.3 Å². The van der Waals surface area contributed by atoms with Gasteiger partial charge in [-0.05, 0) is 31.0 Å². The normalized spacial score (nSPS) is 12.3. The van der Waals surface area contributed by atoms with E-state index in [9.17, 15) is 26.7 Å². The molecule has 0 N–H and O–H groups in total. The summed E-state index contributed by atoms with van der Waals surface area (Å²) in [4.78, 5) is 12.2. The van der Waals surface area contributed by atoms with Crippen molar-refractivity contribution in [1.29, 1.82) is 0 Å². The van der Waals surface area contributed by atoms with Crippen molar-refractivity contribution < 1.29 is 41.0 Å². The average molecular weight is 499 g/mol. The third-order valence-corrected chi connectivity index (χ3v) is 5.16. The van der Waals surface area contributed by atoms with Gasteiger partial charge in [0.25, 0.3) is 0 Å². The van der Waals surface area contributed by atoms with Gasteiger partial charge >= 0.3 is 18.8 Å². The minimum absolute atomic E-state index is 0.0213. The highest BCUT2D eigenvalue weighted by atomic mass is 35.5. The number of esters is 1. The highest BCUT2D eigenvalue weighted by Crippen LogP contribution is 2.43. The van der Waals surface area contributed by atoms with Crippen LogP contribution >= 0.6 is 11.6 Å². The van der Waals surface area contributed by atoms with Crippen LogP contribution in [0, 0.1) is 5.41 Å². The molecule has 0 saturated heterocycles. The Morgan fingerprint density at radius 1 is 1.24 bits per heavy atom. The molecule has 0 amide bonds. The van der Waals surface area contributed by atoms with E-state index in [0.29, 0.717) is 0 Å². The molecule has 33 heavy (non-hydrogen) atoms. The van der Waals surface area contributed by atoms with E-state index in [0.717, 1.165) is 19.9 Å². The summed E-state index contributed by atoms with van der Waals surface area (Å²) in [6.45, 7) is 0.656. The largest absolute Gasteiger partial charge is 0.461 e. The predicted molar refractivity (Wildman–Crippen MR) is 111 cm³/mol. The number of ether oxygens (including phenoxy) is 3. The standard InChI is InChI=1S/C21H24ClF5N2O4/c1-5-32-18(30)16-15(22)17(29(28-16)8-9-31-4)13-7-6-12(10-14(13)33-19(23)24)11-20(2,3)21(25,26)27/h6-7,10,19H,5,8-9,11H2,1-4H3. The zero-order valence-electron chi connectivity index (χ0n) is 18.4. The van der Waals surface area contributed by atoms with Crippen LogP contribution in [-0.4, -0.2) is 48.9 Å². The molecular formula is C21H24ClF5N2O4. The fourth-order valence-corrected chi connectivity index (χ4v) is 3.36. The highest BCUT2D eigenvalue weighted by Gasteiger charge is 2.47. The summed E-state index contributed by atoms with van der Waals surface area (Å²) < 4.78 is 82.1. The van der Waals surface area contributed by atoms with Gasteiger partial charge in [0.2, 0.25) is 0 Å². The molecule has 0 radical (unpaired) electrons. The first-order chi connectivity index (χ1) is 15.3. The van der Waals surface area contributed by atoms with E-state index < -0.39 is 36.3 Å². The van der Waals surface area contributed by atoms with Crippen LogP contribution in [0.15, 0.2) is 18.2 Å². The van der Waals surface area contributed by atoms with Gasteiger partial charge in [0.15, 0.2) is 5.69 Å². The van der Waals surface area contributed by atoms with Crippen molar-refractivity contribution >= 4 is 17.6 Å². The smallest absolute Gasteiger partial charge is 0.394 e. The fraction of sp³-hybridized carbons (Fsp3) is 0.524. The van der Waals surface area contributed by atoms with E-state index in [2.05, 4.69) is 9.84 Å². The summed E-state index contributed by atoms with van der Waals surface area (Å²) in [7, 11) is 1.43. The minimum atomic E-state index is -4.51. The lowest BCUT2D eigenvalue weighted by molar-refractivity contribution is -0.211. The summed E-state index contributed by atoms with van der Waals surface area (Å²) in [6, 6.07) is 3.76. The number of nitrogens with zero attached hydrogens (tertiary/aromatic N) is 2. The highest BCUT2D eigenvalue weighted by molar-refractivity contribution is 6.36. The number of rotatable bonds is 10. The van der Waals surface area contributed by atoms with Crippen LogP contribution in [-0.2, 0) is 22.4 Å². The Balaban J connectivity index is 2.63. The molecule has 1 aromatic carbocycles. The maximum atomic E-state index is 13.3. The number of carbonyl (C=O) groups is 1. The molecule has 184 valence electrons. The first-order valence-corrected chi connectivity index (χ1v) is 10.3. The zero-order chi connectivity index (χ0) is 25.0. The number of methoxy groups -OCH3 is 1. The molecule has 2 aromatic rings. The number of alkyl halides is 5. The molecule has 2 rings (SSSR count). The van der Waals surface area contributed by atoms with Gasteiger partial charge in [0, 0.05) is 12.7 Å². The maximum Gasteiger partial charge on any atom is 0.394 e. The molecule has 0 atom stereocenters. The van der Waals surface area contributed by atoms with Crippen LogP contribution in [0.2, 0.25) is 5.02 Å². The van der Waals surface area contributed by atoms with Crippen LogP contribution in [0.1, 0.15) is 36.8 Å².